The predicted molar refractivity (Wildman–Crippen MR) is 88.9 cm³/mol. The van der Waals surface area contributed by atoms with Crippen LogP contribution in [0.3, 0.4) is 0 Å². The van der Waals surface area contributed by atoms with Gasteiger partial charge in [-0.1, -0.05) is 31.5 Å². The highest BCUT2D eigenvalue weighted by Gasteiger charge is 2.15. The molecular formula is C17H21NO3S. The number of anilines is 1. The second kappa shape index (κ2) is 7.31. The van der Waals surface area contributed by atoms with E-state index in [2.05, 4.69) is 11.6 Å². The van der Waals surface area contributed by atoms with Gasteiger partial charge in [-0.2, -0.15) is 0 Å². The summed E-state index contributed by atoms with van der Waals surface area (Å²) in [5.74, 6) is 0.627. The van der Waals surface area contributed by atoms with E-state index < -0.39 is 10.0 Å². The number of unbranched alkanes of at least 4 members (excludes halogenated alkanes) is 1. The van der Waals surface area contributed by atoms with Crippen LogP contribution in [0.1, 0.15) is 25.3 Å². The quantitative estimate of drug-likeness (QED) is 0.843. The molecule has 0 saturated carbocycles. The van der Waals surface area contributed by atoms with Crippen LogP contribution in [0.2, 0.25) is 0 Å². The molecule has 0 bridgehead atoms. The van der Waals surface area contributed by atoms with E-state index in [0.717, 1.165) is 24.8 Å². The highest BCUT2D eigenvalue weighted by Crippen LogP contribution is 2.22. The van der Waals surface area contributed by atoms with Crippen LogP contribution in [-0.2, 0) is 16.4 Å². The summed E-state index contributed by atoms with van der Waals surface area (Å²) < 4.78 is 32.7. The van der Waals surface area contributed by atoms with Crippen molar-refractivity contribution in [2.45, 2.75) is 31.1 Å². The van der Waals surface area contributed by atoms with Crippen LogP contribution in [0.15, 0.2) is 53.4 Å². The normalized spacial score (nSPS) is 11.2. The van der Waals surface area contributed by atoms with Gasteiger partial charge in [0.05, 0.1) is 17.7 Å². The Morgan fingerprint density at radius 1 is 1.05 bits per heavy atom. The summed E-state index contributed by atoms with van der Waals surface area (Å²) in [5.41, 5.74) is 1.66. The van der Waals surface area contributed by atoms with Crippen molar-refractivity contribution in [2.24, 2.45) is 0 Å². The second-order valence-electron chi connectivity index (χ2n) is 5.04. The van der Waals surface area contributed by atoms with Crippen LogP contribution in [0.4, 0.5) is 5.69 Å². The predicted octanol–water partition coefficient (Wildman–Crippen LogP) is 3.84. The van der Waals surface area contributed by atoms with E-state index in [1.165, 1.54) is 12.1 Å². The van der Waals surface area contributed by atoms with E-state index in [1.807, 2.05) is 18.2 Å². The molecule has 22 heavy (non-hydrogen) atoms. The molecule has 0 amide bonds. The molecule has 1 N–H and O–H groups in total. The van der Waals surface area contributed by atoms with Crippen LogP contribution in [0.25, 0.3) is 0 Å². The fourth-order valence-corrected chi connectivity index (χ4v) is 3.26. The first-order valence-electron chi connectivity index (χ1n) is 7.31. The molecule has 0 aliphatic rings. The molecule has 0 heterocycles. The summed E-state index contributed by atoms with van der Waals surface area (Å²) in [7, 11) is -2.04. The number of aryl methyl sites for hydroxylation is 1. The summed E-state index contributed by atoms with van der Waals surface area (Å²) in [6, 6.07) is 13.9. The summed E-state index contributed by atoms with van der Waals surface area (Å²) in [5, 5.41) is 0. The number of para-hydroxylation sites is 1. The lowest BCUT2D eigenvalue weighted by Crippen LogP contribution is -2.14. The number of hydrogen-bond acceptors (Lipinski definition) is 3. The number of rotatable bonds is 7. The minimum atomic E-state index is -3.59. The van der Waals surface area contributed by atoms with E-state index >= 15 is 0 Å². The summed E-state index contributed by atoms with van der Waals surface area (Å²) in [4.78, 5) is 0.221. The van der Waals surface area contributed by atoms with Crippen LogP contribution >= 0.6 is 0 Å². The SMILES string of the molecule is CCCCc1ccccc1NS(=O)(=O)c1ccc(OC)cc1. The number of hydrogen-bond donors (Lipinski definition) is 1. The molecule has 0 aliphatic carbocycles. The van der Waals surface area contributed by atoms with Crippen molar-refractivity contribution in [1.29, 1.82) is 0 Å². The van der Waals surface area contributed by atoms with Crippen molar-refractivity contribution in [3.8, 4) is 5.75 Å². The summed E-state index contributed by atoms with van der Waals surface area (Å²) in [6.07, 6.45) is 2.96. The molecule has 0 saturated heterocycles. The maximum absolute atomic E-state index is 12.5. The lowest BCUT2D eigenvalue weighted by atomic mass is 10.1. The van der Waals surface area contributed by atoms with Gasteiger partial charge in [0.15, 0.2) is 0 Å². The van der Waals surface area contributed by atoms with Crippen LogP contribution in [0.5, 0.6) is 5.75 Å². The standard InChI is InChI=1S/C17H21NO3S/c1-3-4-7-14-8-5-6-9-17(14)18-22(19,20)16-12-10-15(21-2)11-13-16/h5-6,8-13,18H,3-4,7H2,1-2H3. The highest BCUT2D eigenvalue weighted by molar-refractivity contribution is 7.92. The fourth-order valence-electron chi connectivity index (χ4n) is 2.16. The van der Waals surface area contributed by atoms with Gasteiger partial charge in [0.25, 0.3) is 10.0 Å². The maximum Gasteiger partial charge on any atom is 0.261 e. The van der Waals surface area contributed by atoms with Gasteiger partial charge in [-0.3, -0.25) is 4.72 Å². The smallest absolute Gasteiger partial charge is 0.261 e. The molecule has 0 atom stereocenters. The van der Waals surface area contributed by atoms with Gasteiger partial charge in [-0.05, 0) is 48.7 Å². The van der Waals surface area contributed by atoms with Gasteiger partial charge >= 0.3 is 0 Å². The zero-order valence-electron chi connectivity index (χ0n) is 12.9. The van der Waals surface area contributed by atoms with Gasteiger partial charge in [-0.25, -0.2) is 8.42 Å². The van der Waals surface area contributed by atoms with E-state index in [-0.39, 0.29) is 4.90 Å². The summed E-state index contributed by atoms with van der Waals surface area (Å²) >= 11 is 0. The van der Waals surface area contributed by atoms with Crippen molar-refractivity contribution < 1.29 is 13.2 Å². The lowest BCUT2D eigenvalue weighted by Gasteiger charge is -2.12. The first-order valence-corrected chi connectivity index (χ1v) is 8.80. The second-order valence-corrected chi connectivity index (χ2v) is 6.72. The maximum atomic E-state index is 12.5. The first kappa shape index (κ1) is 16.4. The van der Waals surface area contributed by atoms with E-state index in [4.69, 9.17) is 4.74 Å². The molecule has 0 aliphatic heterocycles. The van der Waals surface area contributed by atoms with E-state index in [9.17, 15) is 8.42 Å². The Labute approximate surface area is 132 Å². The van der Waals surface area contributed by atoms with E-state index in [1.54, 1.807) is 25.3 Å². The molecule has 0 radical (unpaired) electrons. The van der Waals surface area contributed by atoms with Gasteiger partial charge < -0.3 is 4.74 Å². The molecule has 0 spiro atoms. The number of ether oxygens (including phenoxy) is 1. The zero-order chi connectivity index (χ0) is 16.0. The molecule has 0 aromatic heterocycles. The molecule has 4 nitrogen and oxygen atoms in total. The Kier molecular flexibility index (Phi) is 5.44. The molecular weight excluding hydrogens is 298 g/mol. The molecule has 2 aromatic rings. The van der Waals surface area contributed by atoms with Crippen LogP contribution < -0.4 is 9.46 Å². The minimum absolute atomic E-state index is 0.221. The van der Waals surface area contributed by atoms with Gasteiger partial charge in [0.1, 0.15) is 5.75 Å². The lowest BCUT2D eigenvalue weighted by molar-refractivity contribution is 0.414. The van der Waals surface area contributed by atoms with Crippen molar-refractivity contribution in [2.75, 3.05) is 11.8 Å². The number of sulfonamides is 1. The molecule has 118 valence electrons. The zero-order valence-corrected chi connectivity index (χ0v) is 13.7. The number of methoxy groups -OCH3 is 1. The Bertz CT molecular complexity index is 709. The number of benzene rings is 2. The Morgan fingerprint density at radius 2 is 1.73 bits per heavy atom. The average molecular weight is 319 g/mol. The van der Waals surface area contributed by atoms with Crippen LogP contribution in [0, 0.1) is 0 Å². The Hall–Kier alpha value is -2.01. The first-order chi connectivity index (χ1) is 10.6. The largest absolute Gasteiger partial charge is 0.497 e. The van der Waals surface area contributed by atoms with Gasteiger partial charge in [0.2, 0.25) is 0 Å². The average Bonchev–Trinajstić information content (AvgIpc) is 2.54. The van der Waals surface area contributed by atoms with E-state index in [0.29, 0.717) is 11.4 Å². The number of nitrogens with one attached hydrogen (secondary N) is 1. The third-order valence-corrected chi connectivity index (χ3v) is 4.81. The molecule has 0 unspecified atom stereocenters. The van der Waals surface area contributed by atoms with Crippen molar-refractivity contribution >= 4 is 15.7 Å². The molecule has 5 heteroatoms. The Morgan fingerprint density at radius 3 is 2.36 bits per heavy atom. The molecule has 0 fully saturated rings. The van der Waals surface area contributed by atoms with Crippen LogP contribution in [-0.4, -0.2) is 15.5 Å². The van der Waals surface area contributed by atoms with Crippen molar-refractivity contribution in [3.63, 3.8) is 0 Å². The van der Waals surface area contributed by atoms with Gasteiger partial charge in [0, 0.05) is 0 Å². The topological polar surface area (TPSA) is 55.4 Å². The Balaban J connectivity index is 2.24. The summed E-state index contributed by atoms with van der Waals surface area (Å²) in [6.45, 7) is 2.12. The third kappa shape index (κ3) is 4.01. The fraction of sp³-hybridized carbons (Fsp3) is 0.294. The minimum Gasteiger partial charge on any atom is -0.497 e. The van der Waals surface area contributed by atoms with Gasteiger partial charge in [-0.15, -0.1) is 0 Å². The van der Waals surface area contributed by atoms with Crippen molar-refractivity contribution in [3.05, 3.63) is 54.1 Å². The molecule has 2 rings (SSSR count). The molecule has 2 aromatic carbocycles. The highest BCUT2D eigenvalue weighted by atomic mass is 32.2. The third-order valence-electron chi connectivity index (χ3n) is 3.43. The monoisotopic (exact) mass is 319 g/mol. The van der Waals surface area contributed by atoms with Crippen molar-refractivity contribution in [1.82, 2.24) is 0 Å².